The van der Waals surface area contributed by atoms with E-state index >= 15 is 0 Å². The van der Waals surface area contributed by atoms with E-state index in [0.29, 0.717) is 37.3 Å². The quantitative estimate of drug-likeness (QED) is 0.731. The first-order chi connectivity index (χ1) is 14.1. The number of benzene rings is 1. The van der Waals surface area contributed by atoms with Gasteiger partial charge in [0.15, 0.2) is 5.78 Å². The van der Waals surface area contributed by atoms with Gasteiger partial charge in [-0.2, -0.15) is 0 Å². The monoisotopic (exact) mass is 393 g/mol. The third-order valence-corrected chi connectivity index (χ3v) is 5.38. The summed E-state index contributed by atoms with van der Waals surface area (Å²) >= 11 is 0. The first-order valence-electron chi connectivity index (χ1n) is 10.2. The first kappa shape index (κ1) is 20.7. The molecule has 1 aliphatic rings. The van der Waals surface area contributed by atoms with Gasteiger partial charge >= 0.3 is 0 Å². The van der Waals surface area contributed by atoms with Crippen molar-refractivity contribution in [2.24, 2.45) is 5.92 Å². The number of anilines is 1. The molecule has 1 N–H and O–H groups in total. The molecular formula is C23H27N3O3. The van der Waals surface area contributed by atoms with Crippen molar-refractivity contribution in [2.45, 2.75) is 39.0 Å². The Hall–Kier alpha value is -3.02. The molecule has 6 nitrogen and oxygen atoms in total. The van der Waals surface area contributed by atoms with E-state index in [1.807, 2.05) is 30.3 Å². The molecular weight excluding hydrogens is 366 g/mol. The van der Waals surface area contributed by atoms with Gasteiger partial charge in [-0.05, 0) is 37.0 Å². The number of nitrogens with one attached hydrogen (secondary N) is 1. The van der Waals surface area contributed by atoms with E-state index in [2.05, 4.69) is 17.2 Å². The van der Waals surface area contributed by atoms with Crippen LogP contribution in [0.5, 0.6) is 0 Å². The molecule has 6 heteroatoms. The molecule has 2 aromatic rings. The minimum Gasteiger partial charge on any atom is -0.343 e. The number of carbonyl (C=O) groups excluding carboxylic acids is 3. The summed E-state index contributed by atoms with van der Waals surface area (Å²) in [6, 6.07) is 12.9. The summed E-state index contributed by atoms with van der Waals surface area (Å²) in [6.07, 6.45) is 4.23. The van der Waals surface area contributed by atoms with Crippen molar-refractivity contribution in [3.63, 3.8) is 0 Å². The molecule has 1 aromatic heterocycles. The van der Waals surface area contributed by atoms with Gasteiger partial charge in [0.2, 0.25) is 11.8 Å². The fourth-order valence-electron chi connectivity index (χ4n) is 3.51. The molecule has 2 amide bonds. The standard InChI is InChI=1S/C23H27N3O3/c1-2-17-6-8-18(9-7-17)20(27)10-11-22(28)26-15-12-19(13-16-26)23(29)25-21-5-3-4-14-24-21/h3-9,14,19H,2,10-13,15-16H2,1H3,(H,24,25,29). The zero-order valence-corrected chi connectivity index (χ0v) is 16.8. The van der Waals surface area contributed by atoms with Crippen LogP contribution in [0.15, 0.2) is 48.7 Å². The van der Waals surface area contributed by atoms with Gasteiger partial charge in [0.25, 0.3) is 0 Å². The lowest BCUT2D eigenvalue weighted by Gasteiger charge is -2.31. The molecule has 152 valence electrons. The van der Waals surface area contributed by atoms with E-state index < -0.39 is 0 Å². The van der Waals surface area contributed by atoms with Crippen molar-refractivity contribution in [3.8, 4) is 0 Å². The molecule has 1 fully saturated rings. The molecule has 0 radical (unpaired) electrons. The Kier molecular flexibility index (Phi) is 7.11. The fraction of sp³-hybridized carbons (Fsp3) is 0.391. The summed E-state index contributed by atoms with van der Waals surface area (Å²) in [4.78, 5) is 43.0. The van der Waals surface area contributed by atoms with Crippen LogP contribution in [-0.2, 0) is 16.0 Å². The molecule has 1 aromatic carbocycles. The average Bonchev–Trinajstić information content (AvgIpc) is 2.78. The highest BCUT2D eigenvalue weighted by Crippen LogP contribution is 2.20. The smallest absolute Gasteiger partial charge is 0.228 e. The fourth-order valence-corrected chi connectivity index (χ4v) is 3.51. The predicted octanol–water partition coefficient (Wildman–Crippen LogP) is 3.48. The predicted molar refractivity (Wildman–Crippen MR) is 112 cm³/mol. The molecule has 0 aliphatic carbocycles. The molecule has 0 spiro atoms. The summed E-state index contributed by atoms with van der Waals surface area (Å²) in [6.45, 7) is 3.15. The summed E-state index contributed by atoms with van der Waals surface area (Å²) in [7, 11) is 0. The van der Waals surface area contributed by atoms with E-state index in [0.717, 1.165) is 6.42 Å². The van der Waals surface area contributed by atoms with Gasteiger partial charge in [-0.1, -0.05) is 37.3 Å². The van der Waals surface area contributed by atoms with Crippen molar-refractivity contribution >= 4 is 23.4 Å². The second kappa shape index (κ2) is 9.96. The van der Waals surface area contributed by atoms with Crippen LogP contribution in [0, 0.1) is 5.92 Å². The molecule has 0 bridgehead atoms. The Labute approximate surface area is 171 Å². The molecule has 2 heterocycles. The van der Waals surface area contributed by atoms with E-state index in [4.69, 9.17) is 0 Å². The third-order valence-electron chi connectivity index (χ3n) is 5.38. The van der Waals surface area contributed by atoms with Gasteiger partial charge in [-0.3, -0.25) is 14.4 Å². The Morgan fingerprint density at radius 1 is 1.03 bits per heavy atom. The van der Waals surface area contributed by atoms with E-state index in [1.165, 1.54) is 5.56 Å². The largest absolute Gasteiger partial charge is 0.343 e. The minimum absolute atomic E-state index is 0.00868. The summed E-state index contributed by atoms with van der Waals surface area (Å²) < 4.78 is 0. The van der Waals surface area contributed by atoms with Gasteiger partial charge in [-0.25, -0.2) is 4.98 Å². The van der Waals surface area contributed by atoms with Crippen LogP contribution in [0.1, 0.15) is 48.5 Å². The summed E-state index contributed by atoms with van der Waals surface area (Å²) in [5.74, 6) is 0.334. The number of aromatic nitrogens is 1. The number of likely N-dealkylation sites (tertiary alicyclic amines) is 1. The number of Topliss-reactive ketones (excluding diaryl/α,β-unsaturated/α-hetero) is 1. The number of nitrogens with zero attached hydrogens (tertiary/aromatic N) is 2. The summed E-state index contributed by atoms with van der Waals surface area (Å²) in [5, 5.41) is 2.82. The van der Waals surface area contributed by atoms with Gasteiger partial charge in [0, 0.05) is 43.6 Å². The van der Waals surface area contributed by atoms with Gasteiger partial charge in [0.05, 0.1) is 0 Å². The second-order valence-corrected chi connectivity index (χ2v) is 7.33. The van der Waals surface area contributed by atoms with Crippen LogP contribution in [0.4, 0.5) is 5.82 Å². The van der Waals surface area contributed by atoms with Crippen LogP contribution in [0.2, 0.25) is 0 Å². The Bertz CT molecular complexity index is 841. The van der Waals surface area contributed by atoms with Gasteiger partial charge < -0.3 is 10.2 Å². The van der Waals surface area contributed by atoms with Crippen molar-refractivity contribution < 1.29 is 14.4 Å². The number of hydrogen-bond acceptors (Lipinski definition) is 4. The maximum Gasteiger partial charge on any atom is 0.228 e. The number of piperidine rings is 1. The highest BCUT2D eigenvalue weighted by Gasteiger charge is 2.27. The molecule has 1 saturated heterocycles. The Balaban J connectivity index is 1.42. The lowest BCUT2D eigenvalue weighted by molar-refractivity contribution is -0.134. The molecule has 0 atom stereocenters. The van der Waals surface area contributed by atoms with E-state index in [-0.39, 0.29) is 36.4 Å². The van der Waals surface area contributed by atoms with E-state index in [9.17, 15) is 14.4 Å². The third kappa shape index (κ3) is 5.73. The normalized spacial score (nSPS) is 14.4. The SMILES string of the molecule is CCc1ccc(C(=O)CCC(=O)N2CCC(C(=O)Nc3ccccn3)CC2)cc1. The van der Waals surface area contributed by atoms with Crippen LogP contribution in [0.25, 0.3) is 0 Å². The highest BCUT2D eigenvalue weighted by molar-refractivity contribution is 5.98. The Morgan fingerprint density at radius 2 is 1.76 bits per heavy atom. The van der Waals surface area contributed by atoms with Crippen LogP contribution in [0.3, 0.4) is 0 Å². The maximum absolute atomic E-state index is 12.5. The second-order valence-electron chi connectivity index (χ2n) is 7.33. The number of amides is 2. The van der Waals surface area contributed by atoms with Crippen molar-refractivity contribution in [2.75, 3.05) is 18.4 Å². The zero-order valence-electron chi connectivity index (χ0n) is 16.8. The number of carbonyl (C=O) groups is 3. The minimum atomic E-state index is -0.125. The first-order valence-corrected chi connectivity index (χ1v) is 10.2. The number of rotatable bonds is 7. The lowest BCUT2D eigenvalue weighted by Crippen LogP contribution is -2.41. The molecule has 3 rings (SSSR count). The van der Waals surface area contributed by atoms with Crippen molar-refractivity contribution in [3.05, 3.63) is 59.8 Å². The number of aryl methyl sites for hydroxylation is 1. The molecule has 0 unspecified atom stereocenters. The molecule has 1 aliphatic heterocycles. The number of hydrogen-bond donors (Lipinski definition) is 1. The number of ketones is 1. The Morgan fingerprint density at radius 3 is 2.38 bits per heavy atom. The highest BCUT2D eigenvalue weighted by atomic mass is 16.2. The average molecular weight is 393 g/mol. The molecule has 0 saturated carbocycles. The summed E-state index contributed by atoms with van der Waals surface area (Å²) in [5.41, 5.74) is 1.84. The van der Waals surface area contributed by atoms with E-state index in [1.54, 1.807) is 23.2 Å². The maximum atomic E-state index is 12.5. The topological polar surface area (TPSA) is 79.4 Å². The van der Waals surface area contributed by atoms with Crippen LogP contribution < -0.4 is 5.32 Å². The van der Waals surface area contributed by atoms with Crippen molar-refractivity contribution in [1.82, 2.24) is 9.88 Å². The van der Waals surface area contributed by atoms with Crippen molar-refractivity contribution in [1.29, 1.82) is 0 Å². The molecule has 29 heavy (non-hydrogen) atoms. The van der Waals surface area contributed by atoms with Gasteiger partial charge in [-0.15, -0.1) is 0 Å². The lowest BCUT2D eigenvalue weighted by atomic mass is 9.95. The zero-order chi connectivity index (χ0) is 20.6. The number of pyridine rings is 1. The van der Waals surface area contributed by atoms with Gasteiger partial charge in [0.1, 0.15) is 5.82 Å². The van der Waals surface area contributed by atoms with Crippen LogP contribution in [-0.4, -0.2) is 40.6 Å². The van der Waals surface area contributed by atoms with Crippen LogP contribution >= 0.6 is 0 Å².